The highest BCUT2D eigenvalue weighted by Gasteiger charge is 2.22. The first-order valence-electron chi connectivity index (χ1n) is 8.09. The van der Waals surface area contributed by atoms with Crippen molar-refractivity contribution < 1.29 is 8.42 Å². The van der Waals surface area contributed by atoms with Crippen molar-refractivity contribution in [2.45, 2.75) is 37.5 Å². The molecule has 0 amide bonds. The van der Waals surface area contributed by atoms with E-state index in [-0.39, 0.29) is 4.90 Å². The number of fused-ring (bicyclic) bond motifs is 1. The zero-order valence-electron chi connectivity index (χ0n) is 13.7. The number of nitrogens with zero attached hydrogens (tertiary/aromatic N) is 4. The molecule has 1 aromatic carbocycles. The van der Waals surface area contributed by atoms with Gasteiger partial charge in [-0.3, -0.25) is 14.4 Å². The number of aryl methyl sites for hydroxylation is 3. The van der Waals surface area contributed by atoms with E-state index >= 15 is 0 Å². The molecule has 0 radical (unpaired) electrons. The lowest BCUT2D eigenvalue weighted by molar-refractivity contribution is 0.600. The van der Waals surface area contributed by atoms with Gasteiger partial charge in [-0.25, -0.2) is 8.42 Å². The van der Waals surface area contributed by atoms with Crippen molar-refractivity contribution in [1.29, 1.82) is 0 Å². The molecular weight excluding hydrogens is 340 g/mol. The molecule has 2 N–H and O–H groups in total. The second kappa shape index (κ2) is 5.99. The van der Waals surface area contributed by atoms with Crippen LogP contribution in [-0.2, 0) is 22.9 Å². The number of anilines is 1. The molecule has 4 rings (SSSR count). The molecule has 3 aromatic rings. The first-order valence-corrected chi connectivity index (χ1v) is 9.57. The molecule has 0 saturated carbocycles. The maximum absolute atomic E-state index is 12.9. The normalized spacial score (nSPS) is 14.3. The van der Waals surface area contributed by atoms with Gasteiger partial charge in [0.15, 0.2) is 5.82 Å². The molecule has 8 nitrogen and oxygen atoms in total. The van der Waals surface area contributed by atoms with Crippen LogP contribution in [0.1, 0.15) is 29.7 Å². The Morgan fingerprint density at radius 2 is 1.84 bits per heavy atom. The Bertz CT molecular complexity index is 1010. The Morgan fingerprint density at radius 1 is 1.12 bits per heavy atom. The number of hydrogen-bond acceptors (Lipinski definition) is 5. The average Bonchev–Trinajstić information content (AvgIpc) is 3.25. The predicted molar refractivity (Wildman–Crippen MR) is 92.1 cm³/mol. The number of benzene rings is 1. The van der Waals surface area contributed by atoms with E-state index in [1.54, 1.807) is 23.6 Å². The van der Waals surface area contributed by atoms with Crippen LogP contribution in [0.3, 0.4) is 0 Å². The number of H-pyrrole nitrogens is 1. The van der Waals surface area contributed by atoms with E-state index in [9.17, 15) is 8.42 Å². The van der Waals surface area contributed by atoms with E-state index in [1.165, 1.54) is 18.2 Å². The van der Waals surface area contributed by atoms with Crippen LogP contribution in [0, 0.1) is 6.92 Å². The predicted octanol–water partition coefficient (Wildman–Crippen LogP) is 1.98. The molecule has 0 atom stereocenters. The van der Waals surface area contributed by atoms with Gasteiger partial charge in [-0.2, -0.15) is 5.10 Å². The number of aromatic amines is 1. The fourth-order valence-electron chi connectivity index (χ4n) is 3.11. The minimum absolute atomic E-state index is 0.267. The lowest BCUT2D eigenvalue weighted by Crippen LogP contribution is -2.16. The van der Waals surface area contributed by atoms with Crippen LogP contribution in [0.25, 0.3) is 5.82 Å². The fraction of sp³-hybridized carbons (Fsp3) is 0.312. The number of aromatic nitrogens is 5. The van der Waals surface area contributed by atoms with E-state index in [0.29, 0.717) is 17.2 Å². The van der Waals surface area contributed by atoms with Gasteiger partial charge < -0.3 is 0 Å². The van der Waals surface area contributed by atoms with Gasteiger partial charge in [0.05, 0.1) is 10.6 Å². The molecule has 0 fully saturated rings. The Hall–Kier alpha value is -2.68. The maximum Gasteiger partial charge on any atom is 0.262 e. The summed E-state index contributed by atoms with van der Waals surface area (Å²) in [7, 11) is -3.72. The molecule has 0 spiro atoms. The van der Waals surface area contributed by atoms with Gasteiger partial charge in [-0.15, -0.1) is 10.2 Å². The third-order valence-electron chi connectivity index (χ3n) is 4.46. The Balaban J connectivity index is 1.70. The minimum Gasteiger partial charge on any atom is -0.279 e. The zero-order valence-corrected chi connectivity index (χ0v) is 14.5. The van der Waals surface area contributed by atoms with Gasteiger partial charge in [0.25, 0.3) is 10.0 Å². The van der Waals surface area contributed by atoms with Crippen molar-refractivity contribution in [3.63, 3.8) is 0 Å². The smallest absolute Gasteiger partial charge is 0.262 e. The maximum atomic E-state index is 12.9. The molecule has 2 heterocycles. The van der Waals surface area contributed by atoms with Gasteiger partial charge in [0, 0.05) is 0 Å². The molecule has 2 aromatic heterocycles. The molecule has 9 heteroatoms. The van der Waals surface area contributed by atoms with Gasteiger partial charge >= 0.3 is 0 Å². The third-order valence-corrected chi connectivity index (χ3v) is 5.81. The molecule has 0 bridgehead atoms. The summed E-state index contributed by atoms with van der Waals surface area (Å²) in [5, 5.41) is 14.4. The van der Waals surface area contributed by atoms with Gasteiger partial charge in [0.2, 0.25) is 0 Å². The van der Waals surface area contributed by atoms with Gasteiger partial charge in [-0.1, -0.05) is 6.07 Å². The lowest BCUT2D eigenvalue weighted by Gasteiger charge is -2.17. The quantitative estimate of drug-likeness (QED) is 0.742. The first kappa shape index (κ1) is 15.8. The molecule has 1 aliphatic carbocycles. The SMILES string of the molecule is Cc1[nH]nc(-n2cnnc2)c1NS(=O)(=O)c1ccc2c(c1)CCCC2. The number of hydrogen-bond donors (Lipinski definition) is 2. The Labute approximate surface area is 145 Å². The number of rotatable bonds is 4. The van der Waals surface area contributed by atoms with Crippen LogP contribution in [0.5, 0.6) is 0 Å². The van der Waals surface area contributed by atoms with Crippen LogP contribution < -0.4 is 4.72 Å². The second-order valence-electron chi connectivity index (χ2n) is 6.16. The monoisotopic (exact) mass is 358 g/mol. The summed E-state index contributed by atoms with van der Waals surface area (Å²) >= 11 is 0. The summed E-state index contributed by atoms with van der Waals surface area (Å²) in [6, 6.07) is 5.37. The zero-order chi connectivity index (χ0) is 17.4. The first-order chi connectivity index (χ1) is 12.0. The number of nitrogens with one attached hydrogen (secondary N) is 2. The van der Waals surface area contributed by atoms with Crippen molar-refractivity contribution in [2.75, 3.05) is 4.72 Å². The van der Waals surface area contributed by atoms with Crippen molar-refractivity contribution >= 4 is 15.7 Å². The van der Waals surface area contributed by atoms with Crippen LogP contribution in [0.4, 0.5) is 5.69 Å². The molecule has 25 heavy (non-hydrogen) atoms. The standard InChI is InChI=1S/C16H18N6O2S/c1-11-15(16(20-19-11)22-9-17-18-10-22)21-25(23,24)14-7-6-12-4-2-3-5-13(12)8-14/h6-10,21H,2-5H2,1H3,(H,19,20). The summed E-state index contributed by atoms with van der Waals surface area (Å²) in [5.41, 5.74) is 3.37. The van der Waals surface area contributed by atoms with Crippen molar-refractivity contribution in [3.05, 3.63) is 47.7 Å². The summed E-state index contributed by atoms with van der Waals surface area (Å²) in [5.74, 6) is 0.407. The van der Waals surface area contributed by atoms with E-state index in [1.807, 2.05) is 6.07 Å². The summed E-state index contributed by atoms with van der Waals surface area (Å²) in [6.07, 6.45) is 7.13. The topological polar surface area (TPSA) is 106 Å². The van der Waals surface area contributed by atoms with Crippen LogP contribution in [0.2, 0.25) is 0 Å². The van der Waals surface area contributed by atoms with E-state index in [2.05, 4.69) is 25.1 Å². The van der Waals surface area contributed by atoms with Gasteiger partial charge in [0.1, 0.15) is 18.3 Å². The highest BCUT2D eigenvalue weighted by atomic mass is 32.2. The van der Waals surface area contributed by atoms with Crippen LogP contribution in [0.15, 0.2) is 35.7 Å². The molecule has 130 valence electrons. The van der Waals surface area contributed by atoms with E-state index in [0.717, 1.165) is 31.2 Å². The molecule has 0 aliphatic heterocycles. The average molecular weight is 358 g/mol. The second-order valence-corrected chi connectivity index (χ2v) is 7.84. The highest BCUT2D eigenvalue weighted by molar-refractivity contribution is 7.92. The van der Waals surface area contributed by atoms with Crippen molar-refractivity contribution in [1.82, 2.24) is 25.0 Å². The van der Waals surface area contributed by atoms with Crippen molar-refractivity contribution in [3.8, 4) is 5.82 Å². The summed E-state index contributed by atoms with van der Waals surface area (Å²) in [6.45, 7) is 1.76. The fourth-order valence-corrected chi connectivity index (χ4v) is 4.28. The molecule has 0 saturated heterocycles. The Morgan fingerprint density at radius 3 is 2.60 bits per heavy atom. The summed E-state index contributed by atoms with van der Waals surface area (Å²) < 4.78 is 29.9. The van der Waals surface area contributed by atoms with Crippen LogP contribution >= 0.6 is 0 Å². The van der Waals surface area contributed by atoms with E-state index in [4.69, 9.17) is 0 Å². The summed E-state index contributed by atoms with van der Waals surface area (Å²) in [4.78, 5) is 0.267. The van der Waals surface area contributed by atoms with E-state index < -0.39 is 10.0 Å². The van der Waals surface area contributed by atoms with Gasteiger partial charge in [-0.05, 0) is 55.9 Å². The third kappa shape index (κ3) is 2.91. The van der Waals surface area contributed by atoms with Crippen molar-refractivity contribution in [2.24, 2.45) is 0 Å². The molecule has 0 unspecified atom stereocenters. The minimum atomic E-state index is -3.72. The highest BCUT2D eigenvalue weighted by Crippen LogP contribution is 2.27. The lowest BCUT2D eigenvalue weighted by atomic mass is 9.92. The Kier molecular flexibility index (Phi) is 3.79. The largest absolute Gasteiger partial charge is 0.279 e. The molecular formula is C16H18N6O2S. The molecule has 1 aliphatic rings. The number of sulfonamides is 1. The van der Waals surface area contributed by atoms with Crippen LogP contribution in [-0.4, -0.2) is 33.4 Å².